The third-order valence-electron chi connectivity index (χ3n) is 8.43. The van der Waals surface area contributed by atoms with Crippen molar-refractivity contribution in [2.45, 2.75) is 47.0 Å². The molecule has 0 bridgehead atoms. The van der Waals surface area contributed by atoms with Crippen LogP contribution in [0.2, 0.25) is 10.0 Å². The number of carboxylic acids is 1. The Bertz CT molecular complexity index is 2370. The first kappa shape index (κ1) is 39.2. The molecule has 0 fully saturated rings. The highest BCUT2D eigenvalue weighted by Crippen LogP contribution is 2.22. The Labute approximate surface area is 319 Å². The van der Waals surface area contributed by atoms with Crippen LogP contribution in [0.15, 0.2) is 128 Å². The molecule has 0 radical (unpaired) electrons. The zero-order chi connectivity index (χ0) is 39.1. The summed E-state index contributed by atoms with van der Waals surface area (Å²) in [6.45, 7) is 4.86. The van der Waals surface area contributed by atoms with Gasteiger partial charge < -0.3 is 5.11 Å². The number of hydrogen-bond donors (Lipinski definition) is 1. The van der Waals surface area contributed by atoms with Crippen molar-refractivity contribution in [2.24, 2.45) is 0 Å². The van der Waals surface area contributed by atoms with Crippen LogP contribution in [0.4, 0.5) is 0 Å². The van der Waals surface area contributed by atoms with Crippen molar-refractivity contribution in [1.29, 1.82) is 0 Å². The first-order chi connectivity index (χ1) is 25.7. The number of carbonyl (C=O) groups is 2. The summed E-state index contributed by atoms with van der Waals surface area (Å²) in [6.07, 6.45) is 0. The molecule has 11 nitrogen and oxygen atoms in total. The Morgan fingerprint density at radius 2 is 0.889 bits per heavy atom. The quantitative estimate of drug-likeness (QED) is 0.179. The van der Waals surface area contributed by atoms with Crippen molar-refractivity contribution in [2.75, 3.05) is 0 Å². The number of ketones is 1. The first-order valence-corrected chi connectivity index (χ1v) is 17.5. The number of halogens is 2. The average molecular weight is 768 g/mol. The Morgan fingerprint density at radius 3 is 1.22 bits per heavy atom. The molecular formula is C41H36Cl2N4O7. The van der Waals surface area contributed by atoms with Gasteiger partial charge >= 0.3 is 17.3 Å². The molecule has 4 aromatic carbocycles. The largest absolute Gasteiger partial charge is 0.480 e. The van der Waals surface area contributed by atoms with E-state index in [1.165, 1.54) is 28.2 Å². The van der Waals surface area contributed by atoms with Gasteiger partial charge in [-0.3, -0.25) is 32.9 Å². The summed E-state index contributed by atoms with van der Waals surface area (Å²) in [5.41, 5.74) is 3.88. The van der Waals surface area contributed by atoms with Crippen molar-refractivity contribution in [1.82, 2.24) is 18.3 Å². The smallest absolute Gasteiger partial charge is 0.332 e. The van der Waals surface area contributed by atoms with Crippen LogP contribution in [0, 0.1) is 13.8 Å². The van der Waals surface area contributed by atoms with E-state index in [9.17, 15) is 28.8 Å². The molecule has 2 heterocycles. The van der Waals surface area contributed by atoms with Gasteiger partial charge in [-0.05, 0) is 67.3 Å². The minimum Gasteiger partial charge on any atom is -0.480 e. The molecule has 1 N–H and O–H groups in total. The minimum atomic E-state index is -1.25. The molecule has 0 aliphatic heterocycles. The Kier molecular flexibility index (Phi) is 12.5. The topological polar surface area (TPSA) is 142 Å². The molecule has 6 rings (SSSR count). The molecule has 2 aromatic heterocycles. The summed E-state index contributed by atoms with van der Waals surface area (Å²) >= 11 is 11.9. The van der Waals surface area contributed by atoms with Crippen molar-refractivity contribution < 1.29 is 14.7 Å². The van der Waals surface area contributed by atoms with E-state index in [2.05, 4.69) is 0 Å². The van der Waals surface area contributed by atoms with E-state index in [1.54, 1.807) is 48.5 Å². The number of hydrogen-bond acceptors (Lipinski definition) is 6. The lowest BCUT2D eigenvalue weighted by Gasteiger charge is -2.15. The van der Waals surface area contributed by atoms with Gasteiger partial charge in [0.05, 0.1) is 31.0 Å². The number of carboxylic acid groups (broad SMARTS) is 1. The first-order valence-electron chi connectivity index (χ1n) is 16.7. The van der Waals surface area contributed by atoms with Gasteiger partial charge in [-0.2, -0.15) is 0 Å². The molecule has 0 atom stereocenters. The maximum absolute atomic E-state index is 13.0. The summed E-state index contributed by atoms with van der Waals surface area (Å²) in [7, 11) is 0. The highest BCUT2D eigenvalue weighted by atomic mass is 35.5. The fourth-order valence-electron chi connectivity index (χ4n) is 5.66. The van der Waals surface area contributed by atoms with E-state index < -0.39 is 35.0 Å². The summed E-state index contributed by atoms with van der Waals surface area (Å²) in [5.74, 6) is -1.51. The van der Waals surface area contributed by atoms with Crippen molar-refractivity contribution >= 4 is 35.0 Å². The lowest BCUT2D eigenvalue weighted by molar-refractivity contribution is -0.137. The van der Waals surface area contributed by atoms with Crippen LogP contribution in [0.25, 0.3) is 22.5 Å². The van der Waals surface area contributed by atoms with Gasteiger partial charge in [0.2, 0.25) is 0 Å². The van der Waals surface area contributed by atoms with E-state index in [4.69, 9.17) is 28.3 Å². The highest BCUT2D eigenvalue weighted by molar-refractivity contribution is 6.30. The van der Waals surface area contributed by atoms with Gasteiger partial charge in [0, 0.05) is 22.2 Å². The number of Topliss-reactive ketones (excluding diaryl/α,β-unsaturated/α-hetero) is 1. The predicted molar refractivity (Wildman–Crippen MR) is 210 cm³/mol. The molecule has 0 aliphatic rings. The number of aryl methyl sites for hydroxylation is 2. The maximum Gasteiger partial charge on any atom is 0.332 e. The SMILES string of the molecule is CC(=O)Cn1c(=O)cc(-c2ccc(Cl)cc2)n(Cc2ccc(C)cc2)c1=O.Cc1ccc(Cn2c(-c3ccc(Cl)cc3)cc(=O)n(CC(=O)O)c2=O)cc1. The zero-order valence-electron chi connectivity index (χ0n) is 29.7. The normalized spacial score (nSPS) is 10.8. The standard InChI is InChI=1S/C21H19ClN2O3.C20H17ClN2O4/c1-14-3-5-16(6-4-14)13-23-19(17-7-9-18(22)10-8-17)11-20(26)24(21(23)27)12-15(2)25;1-13-2-4-14(5-3-13)11-22-17(15-6-8-16(21)9-7-15)10-18(24)23(20(22)27)12-19(25)26/h3-11H,12-13H2,1-2H3;2-10H,11-12H2,1H3,(H,25,26). The van der Waals surface area contributed by atoms with Crippen LogP contribution >= 0.6 is 23.2 Å². The van der Waals surface area contributed by atoms with Crippen LogP contribution in [-0.2, 0) is 35.8 Å². The second-order valence-electron chi connectivity index (χ2n) is 12.7. The van der Waals surface area contributed by atoms with E-state index >= 15 is 0 Å². The molecule has 0 spiro atoms. The van der Waals surface area contributed by atoms with Gasteiger partial charge in [-0.25, -0.2) is 14.2 Å². The fraction of sp³-hybridized carbons (Fsp3) is 0.171. The lowest BCUT2D eigenvalue weighted by atomic mass is 10.1. The molecule has 13 heteroatoms. The van der Waals surface area contributed by atoms with E-state index in [-0.39, 0.29) is 25.4 Å². The molecule has 0 saturated carbocycles. The van der Waals surface area contributed by atoms with E-state index in [0.29, 0.717) is 32.6 Å². The zero-order valence-corrected chi connectivity index (χ0v) is 31.2. The monoisotopic (exact) mass is 766 g/mol. The van der Waals surface area contributed by atoms with Gasteiger partial charge in [0.25, 0.3) is 11.1 Å². The van der Waals surface area contributed by atoms with E-state index in [1.807, 2.05) is 62.4 Å². The van der Waals surface area contributed by atoms with Gasteiger partial charge in [-0.15, -0.1) is 0 Å². The molecular weight excluding hydrogens is 731 g/mol. The third kappa shape index (κ3) is 9.68. The Hall–Kier alpha value is -6.04. The Morgan fingerprint density at radius 1 is 0.537 bits per heavy atom. The molecule has 54 heavy (non-hydrogen) atoms. The molecule has 0 unspecified atom stereocenters. The van der Waals surface area contributed by atoms with Crippen molar-refractivity contribution in [3.63, 3.8) is 0 Å². The third-order valence-corrected chi connectivity index (χ3v) is 8.94. The van der Waals surface area contributed by atoms with Crippen LogP contribution in [-0.4, -0.2) is 35.1 Å². The number of rotatable bonds is 10. The number of aliphatic carboxylic acids is 1. The summed E-state index contributed by atoms with van der Waals surface area (Å²) < 4.78 is 4.60. The molecule has 0 amide bonds. The summed E-state index contributed by atoms with van der Waals surface area (Å²) in [6, 6.07) is 31.8. The van der Waals surface area contributed by atoms with Gasteiger partial charge in [-0.1, -0.05) is 107 Å². The number of aromatic nitrogens is 4. The van der Waals surface area contributed by atoms with Crippen molar-refractivity contribution in [3.8, 4) is 22.5 Å². The minimum absolute atomic E-state index is 0.205. The Balaban J connectivity index is 0.000000208. The highest BCUT2D eigenvalue weighted by Gasteiger charge is 2.17. The van der Waals surface area contributed by atoms with Crippen LogP contribution in [0.1, 0.15) is 29.2 Å². The molecule has 6 aromatic rings. The molecule has 0 saturated heterocycles. The van der Waals surface area contributed by atoms with Crippen molar-refractivity contribution in [3.05, 3.63) is 183 Å². The molecule has 276 valence electrons. The second-order valence-corrected chi connectivity index (χ2v) is 13.6. The molecule has 0 aliphatic carbocycles. The lowest BCUT2D eigenvalue weighted by Crippen LogP contribution is -2.42. The van der Waals surface area contributed by atoms with Crippen LogP contribution < -0.4 is 22.5 Å². The summed E-state index contributed by atoms with van der Waals surface area (Å²) in [4.78, 5) is 73.2. The van der Waals surface area contributed by atoms with Crippen LogP contribution in [0.5, 0.6) is 0 Å². The van der Waals surface area contributed by atoms with Gasteiger partial charge in [0.1, 0.15) is 12.3 Å². The van der Waals surface area contributed by atoms with Gasteiger partial charge in [0.15, 0.2) is 0 Å². The number of carbonyl (C=O) groups excluding carboxylic acids is 1. The fourth-order valence-corrected chi connectivity index (χ4v) is 5.91. The predicted octanol–water partition coefficient (Wildman–Crippen LogP) is 6.05. The van der Waals surface area contributed by atoms with E-state index in [0.717, 1.165) is 31.4 Å². The number of benzene rings is 4. The second kappa shape index (κ2) is 17.2. The average Bonchev–Trinajstić information content (AvgIpc) is 3.13. The maximum atomic E-state index is 13.0. The van der Waals surface area contributed by atoms with Crippen LogP contribution in [0.3, 0.4) is 0 Å². The number of nitrogens with zero attached hydrogens (tertiary/aromatic N) is 4. The summed E-state index contributed by atoms with van der Waals surface area (Å²) in [5, 5.41) is 10.1.